The Labute approximate surface area is 552 Å². The largest absolute Gasteiger partial charge is 0.462 e. The van der Waals surface area contributed by atoms with Gasteiger partial charge in [-0.3, -0.25) is 28.8 Å². The van der Waals surface area contributed by atoms with E-state index in [0.29, 0.717) is 44.9 Å². The highest BCUT2D eigenvalue weighted by molar-refractivity contribution is 5.72. The molecule has 0 spiro atoms. The normalized spacial score (nSPS) is 12.6. The Morgan fingerprint density at radius 2 is 0.456 bits per heavy atom. The summed E-state index contributed by atoms with van der Waals surface area (Å²) in [6.45, 7) is 10.5. The van der Waals surface area contributed by atoms with Gasteiger partial charge in [0.15, 0.2) is 12.2 Å². The molecule has 0 bridgehead atoms. The molecule has 0 aliphatic carbocycles. The van der Waals surface area contributed by atoms with Crippen LogP contribution in [0.2, 0.25) is 0 Å². The zero-order chi connectivity index (χ0) is 65.7. The molecule has 0 aromatic heterocycles. The molecule has 3 atom stereocenters. The number of esters is 6. The van der Waals surface area contributed by atoms with Crippen molar-refractivity contribution in [1.82, 2.24) is 0 Å². The van der Waals surface area contributed by atoms with Crippen LogP contribution < -0.4 is 0 Å². The van der Waals surface area contributed by atoms with Gasteiger partial charge in [0.2, 0.25) is 0 Å². The Morgan fingerprint density at radius 1 is 0.233 bits per heavy atom. The van der Waals surface area contributed by atoms with E-state index in [1.54, 1.807) is 0 Å². The molecule has 0 amide bonds. The van der Waals surface area contributed by atoms with E-state index in [4.69, 9.17) is 28.4 Å². The molecular weight excluding hydrogens is 1130 g/mol. The average Bonchev–Trinajstić information content (AvgIpc) is 3.65. The maximum atomic E-state index is 13.7. The molecule has 0 saturated carbocycles. The number of unbranched alkanes of at least 4 members (excludes halogenated alkanes) is 39. The lowest BCUT2D eigenvalue weighted by atomic mass is 10.0. The Bertz CT molecular complexity index is 1740. The summed E-state index contributed by atoms with van der Waals surface area (Å²) in [5.74, 6) is -2.19. The van der Waals surface area contributed by atoms with E-state index in [2.05, 4.69) is 71.1 Å². The molecule has 524 valence electrons. The van der Waals surface area contributed by atoms with E-state index >= 15 is 0 Å². The SMILES string of the molecule is CCCCCC/C=C\CCCCCCCC(=O)OCC(OC(=O)CCCCCCC/C=C\CCCCCC)C(CCCCCCCC(=O)OCC(COC(=O)CCCCCCC)OC(=O)CCCCCCC)OC(=O)CCCCCCC/C=C\CCCCCC. The molecule has 0 saturated heterocycles. The Kier molecular flexibility index (Phi) is 66.3. The lowest BCUT2D eigenvalue weighted by Crippen LogP contribution is -2.39. The monoisotopic (exact) mass is 1270 g/mol. The molecule has 0 fully saturated rings. The van der Waals surface area contributed by atoms with Gasteiger partial charge in [-0.1, -0.05) is 257 Å². The Morgan fingerprint density at radius 3 is 0.767 bits per heavy atom. The summed E-state index contributed by atoms with van der Waals surface area (Å²) in [5.41, 5.74) is 0. The second-order valence-electron chi connectivity index (χ2n) is 25.7. The average molecular weight is 1270 g/mol. The molecule has 0 aliphatic heterocycles. The fourth-order valence-electron chi connectivity index (χ4n) is 11.0. The van der Waals surface area contributed by atoms with Crippen molar-refractivity contribution in [2.75, 3.05) is 19.8 Å². The molecule has 0 rings (SSSR count). The van der Waals surface area contributed by atoms with Gasteiger partial charge < -0.3 is 28.4 Å². The molecule has 0 aromatic carbocycles. The molecular formula is C78H140O12. The van der Waals surface area contributed by atoms with Crippen LogP contribution in [0.3, 0.4) is 0 Å². The fraction of sp³-hybridized carbons (Fsp3) is 0.846. The number of ether oxygens (including phenoxy) is 6. The summed E-state index contributed by atoms with van der Waals surface area (Å²) < 4.78 is 35.0. The van der Waals surface area contributed by atoms with Crippen LogP contribution >= 0.6 is 0 Å². The molecule has 0 radical (unpaired) electrons. The van der Waals surface area contributed by atoms with E-state index in [9.17, 15) is 28.8 Å². The lowest BCUT2D eigenvalue weighted by Gasteiger charge is -2.27. The highest BCUT2D eigenvalue weighted by Gasteiger charge is 2.30. The molecule has 0 aliphatic rings. The predicted molar refractivity (Wildman–Crippen MR) is 372 cm³/mol. The summed E-state index contributed by atoms with van der Waals surface area (Å²) in [6.07, 6.45) is 63.8. The molecule has 3 unspecified atom stereocenters. The first kappa shape index (κ1) is 86.0. The minimum absolute atomic E-state index is 0.158. The smallest absolute Gasteiger partial charge is 0.306 e. The van der Waals surface area contributed by atoms with Crippen LogP contribution in [0.4, 0.5) is 0 Å². The second kappa shape index (κ2) is 69.4. The van der Waals surface area contributed by atoms with Gasteiger partial charge in [0.05, 0.1) is 0 Å². The van der Waals surface area contributed by atoms with Crippen LogP contribution in [0.15, 0.2) is 36.5 Å². The van der Waals surface area contributed by atoms with Crippen molar-refractivity contribution in [2.24, 2.45) is 0 Å². The molecule has 12 heteroatoms. The van der Waals surface area contributed by atoms with E-state index in [-0.39, 0.29) is 81.8 Å². The summed E-state index contributed by atoms with van der Waals surface area (Å²) in [6, 6.07) is 0. The molecule has 0 aromatic rings. The Hall–Kier alpha value is -3.96. The van der Waals surface area contributed by atoms with E-state index in [1.165, 1.54) is 77.0 Å². The van der Waals surface area contributed by atoms with E-state index in [1.807, 2.05) is 0 Å². The van der Waals surface area contributed by atoms with Crippen LogP contribution in [0, 0.1) is 0 Å². The van der Waals surface area contributed by atoms with Crippen LogP contribution in [-0.2, 0) is 57.2 Å². The summed E-state index contributed by atoms with van der Waals surface area (Å²) in [7, 11) is 0. The van der Waals surface area contributed by atoms with Gasteiger partial charge in [0.25, 0.3) is 0 Å². The van der Waals surface area contributed by atoms with Crippen molar-refractivity contribution in [2.45, 2.75) is 406 Å². The van der Waals surface area contributed by atoms with Crippen molar-refractivity contribution >= 4 is 35.8 Å². The third-order valence-electron chi connectivity index (χ3n) is 16.8. The standard InChI is InChI=1S/C78H140O12/c1-6-11-16-21-24-27-30-33-36-39-42-49-55-63-75(81)87-69-72(90-78(84)66-59-51-44-41-38-35-32-29-26-23-18-13-8-3)71(89-77(83)65-58-50-43-40-37-34-31-28-25-22-17-12-7-2)60-53-48-45-52-56-62-74(80)86-68-70(88-76(82)64-57-47-20-15-10-5)67-85-73(79)61-54-46-19-14-9-4/h27-32,70-72H,6-26,33-69H2,1-5H3/b30-27-,31-28-,32-29-. The molecule has 0 heterocycles. The first-order valence-electron chi connectivity index (χ1n) is 38.1. The molecule has 90 heavy (non-hydrogen) atoms. The summed E-state index contributed by atoms with van der Waals surface area (Å²) in [4.78, 5) is 78.9. The van der Waals surface area contributed by atoms with Gasteiger partial charge >= 0.3 is 35.8 Å². The van der Waals surface area contributed by atoms with Crippen molar-refractivity contribution < 1.29 is 57.2 Å². The quantitative estimate of drug-likeness (QED) is 0.0246. The maximum Gasteiger partial charge on any atom is 0.306 e. The third-order valence-corrected chi connectivity index (χ3v) is 16.8. The summed E-state index contributed by atoms with van der Waals surface area (Å²) >= 11 is 0. The van der Waals surface area contributed by atoms with Crippen molar-refractivity contribution in [3.05, 3.63) is 36.5 Å². The van der Waals surface area contributed by atoms with Gasteiger partial charge in [-0.05, 0) is 128 Å². The van der Waals surface area contributed by atoms with Gasteiger partial charge in [-0.15, -0.1) is 0 Å². The van der Waals surface area contributed by atoms with Gasteiger partial charge in [-0.25, -0.2) is 0 Å². The number of carbonyl (C=O) groups excluding carboxylic acids is 6. The third kappa shape index (κ3) is 62.8. The Balaban J connectivity index is 5.77. The van der Waals surface area contributed by atoms with Crippen LogP contribution in [-0.4, -0.2) is 73.9 Å². The van der Waals surface area contributed by atoms with Crippen LogP contribution in [0.5, 0.6) is 0 Å². The van der Waals surface area contributed by atoms with Crippen molar-refractivity contribution in [3.63, 3.8) is 0 Å². The minimum atomic E-state index is -0.929. The molecule has 0 N–H and O–H groups in total. The number of hydrogen-bond donors (Lipinski definition) is 0. The van der Waals surface area contributed by atoms with Crippen molar-refractivity contribution in [3.8, 4) is 0 Å². The van der Waals surface area contributed by atoms with Gasteiger partial charge in [0, 0.05) is 38.5 Å². The highest BCUT2D eigenvalue weighted by atomic mass is 16.6. The lowest BCUT2D eigenvalue weighted by molar-refractivity contribution is -0.176. The second-order valence-corrected chi connectivity index (χ2v) is 25.7. The predicted octanol–water partition coefficient (Wildman–Crippen LogP) is 22.6. The van der Waals surface area contributed by atoms with Gasteiger partial charge in [0.1, 0.15) is 25.9 Å². The van der Waals surface area contributed by atoms with E-state index in [0.717, 1.165) is 199 Å². The molecule has 12 nitrogen and oxygen atoms in total. The van der Waals surface area contributed by atoms with Crippen LogP contribution in [0.1, 0.15) is 388 Å². The maximum absolute atomic E-state index is 13.7. The van der Waals surface area contributed by atoms with E-state index < -0.39 is 24.3 Å². The zero-order valence-corrected chi connectivity index (χ0v) is 59.1. The number of allylic oxidation sites excluding steroid dienone is 6. The fourth-order valence-corrected chi connectivity index (χ4v) is 11.0. The number of rotatable bonds is 69. The van der Waals surface area contributed by atoms with Crippen molar-refractivity contribution in [1.29, 1.82) is 0 Å². The van der Waals surface area contributed by atoms with Crippen LogP contribution in [0.25, 0.3) is 0 Å². The topological polar surface area (TPSA) is 158 Å². The zero-order valence-electron chi connectivity index (χ0n) is 59.1. The highest BCUT2D eigenvalue weighted by Crippen LogP contribution is 2.21. The van der Waals surface area contributed by atoms with Gasteiger partial charge in [-0.2, -0.15) is 0 Å². The minimum Gasteiger partial charge on any atom is -0.462 e. The number of carbonyl (C=O) groups is 6. The first-order chi connectivity index (χ1) is 44.1. The first-order valence-corrected chi connectivity index (χ1v) is 38.1. The number of hydrogen-bond acceptors (Lipinski definition) is 12. The summed E-state index contributed by atoms with van der Waals surface area (Å²) in [5, 5.41) is 0.